The standard InChI is InChI=1S/C20H19N7/c1-21-18-6-4-16(5-7-18)20-19(17-11-24-26(3)13-17)22-14-27(20)9-8-15-10-23-25(2)12-15/h4-7,10-14H,8-9H2,2-3H3. The molecule has 0 amide bonds. The second-order valence-electron chi connectivity index (χ2n) is 6.47. The third-order valence-corrected chi connectivity index (χ3v) is 4.49. The highest BCUT2D eigenvalue weighted by atomic mass is 15.2. The van der Waals surface area contributed by atoms with Gasteiger partial charge in [0.05, 0.1) is 36.7 Å². The maximum atomic E-state index is 7.16. The molecule has 0 aliphatic rings. The van der Waals surface area contributed by atoms with E-state index in [0.717, 1.165) is 35.5 Å². The van der Waals surface area contributed by atoms with Crippen LogP contribution in [0.15, 0.2) is 55.4 Å². The number of benzene rings is 1. The summed E-state index contributed by atoms with van der Waals surface area (Å²) in [5, 5.41) is 8.51. The summed E-state index contributed by atoms with van der Waals surface area (Å²) in [6.45, 7) is 7.95. The molecule has 3 heterocycles. The molecule has 0 aliphatic carbocycles. The van der Waals surface area contributed by atoms with Crippen molar-refractivity contribution in [2.75, 3.05) is 0 Å². The van der Waals surface area contributed by atoms with Crippen molar-refractivity contribution in [3.8, 4) is 22.5 Å². The smallest absolute Gasteiger partial charge is 0.187 e. The fourth-order valence-electron chi connectivity index (χ4n) is 3.15. The van der Waals surface area contributed by atoms with Crippen LogP contribution >= 0.6 is 0 Å². The molecule has 0 saturated carbocycles. The van der Waals surface area contributed by atoms with Crippen LogP contribution in [-0.4, -0.2) is 29.1 Å². The fraction of sp³-hybridized carbons (Fsp3) is 0.200. The number of imidazole rings is 1. The van der Waals surface area contributed by atoms with E-state index in [1.807, 2.05) is 74.2 Å². The Morgan fingerprint density at radius 2 is 1.70 bits per heavy atom. The van der Waals surface area contributed by atoms with Crippen LogP contribution in [0.25, 0.3) is 27.4 Å². The molecule has 0 aliphatic heterocycles. The molecule has 0 spiro atoms. The lowest BCUT2D eigenvalue weighted by Crippen LogP contribution is -2.02. The Morgan fingerprint density at radius 1 is 0.963 bits per heavy atom. The van der Waals surface area contributed by atoms with E-state index < -0.39 is 0 Å². The van der Waals surface area contributed by atoms with E-state index in [1.54, 1.807) is 4.68 Å². The minimum atomic E-state index is 0.628. The lowest BCUT2D eigenvalue weighted by Gasteiger charge is -2.10. The van der Waals surface area contributed by atoms with Gasteiger partial charge in [0.2, 0.25) is 0 Å². The number of aromatic nitrogens is 6. The van der Waals surface area contributed by atoms with Crippen LogP contribution in [0.1, 0.15) is 5.56 Å². The number of hydrogen-bond donors (Lipinski definition) is 0. The van der Waals surface area contributed by atoms with Gasteiger partial charge in [0.25, 0.3) is 0 Å². The van der Waals surface area contributed by atoms with E-state index in [4.69, 9.17) is 6.57 Å². The van der Waals surface area contributed by atoms with Gasteiger partial charge in [-0.2, -0.15) is 10.2 Å². The van der Waals surface area contributed by atoms with E-state index in [1.165, 1.54) is 5.56 Å². The molecule has 4 rings (SSSR count). The van der Waals surface area contributed by atoms with Crippen molar-refractivity contribution < 1.29 is 0 Å². The van der Waals surface area contributed by atoms with E-state index >= 15 is 0 Å². The number of nitrogens with zero attached hydrogens (tertiary/aromatic N) is 7. The molecule has 0 fully saturated rings. The zero-order chi connectivity index (χ0) is 18.8. The quantitative estimate of drug-likeness (QED) is 0.514. The van der Waals surface area contributed by atoms with Crippen LogP contribution in [0.4, 0.5) is 5.69 Å². The van der Waals surface area contributed by atoms with Crippen molar-refractivity contribution in [1.82, 2.24) is 29.1 Å². The summed E-state index contributed by atoms with van der Waals surface area (Å²) in [5.41, 5.74) is 5.74. The van der Waals surface area contributed by atoms with E-state index in [9.17, 15) is 0 Å². The zero-order valence-corrected chi connectivity index (χ0v) is 15.2. The highest BCUT2D eigenvalue weighted by molar-refractivity contribution is 5.78. The molecule has 0 N–H and O–H groups in total. The zero-order valence-electron chi connectivity index (χ0n) is 15.2. The number of rotatable bonds is 5. The minimum absolute atomic E-state index is 0.628. The van der Waals surface area contributed by atoms with Gasteiger partial charge >= 0.3 is 0 Å². The molecule has 0 saturated heterocycles. The Labute approximate surface area is 157 Å². The van der Waals surface area contributed by atoms with Crippen molar-refractivity contribution in [3.05, 3.63) is 72.4 Å². The fourth-order valence-corrected chi connectivity index (χ4v) is 3.15. The van der Waals surface area contributed by atoms with Gasteiger partial charge in [-0.3, -0.25) is 9.36 Å². The Kier molecular flexibility index (Phi) is 4.30. The molecule has 0 atom stereocenters. The second-order valence-corrected chi connectivity index (χ2v) is 6.47. The average Bonchev–Trinajstić information content (AvgIpc) is 3.39. The van der Waals surface area contributed by atoms with Crippen molar-refractivity contribution in [3.63, 3.8) is 0 Å². The first kappa shape index (κ1) is 16.8. The summed E-state index contributed by atoms with van der Waals surface area (Å²) in [6, 6.07) is 7.64. The van der Waals surface area contributed by atoms with Gasteiger partial charge in [-0.1, -0.05) is 24.3 Å². The summed E-state index contributed by atoms with van der Waals surface area (Å²) in [6.07, 6.45) is 10.4. The highest BCUT2D eigenvalue weighted by Crippen LogP contribution is 2.32. The average molecular weight is 357 g/mol. The molecular weight excluding hydrogens is 338 g/mol. The molecule has 7 heteroatoms. The molecule has 4 aromatic rings. The largest absolute Gasteiger partial charge is 0.330 e. The van der Waals surface area contributed by atoms with Crippen LogP contribution in [0.3, 0.4) is 0 Å². The maximum Gasteiger partial charge on any atom is 0.187 e. The highest BCUT2D eigenvalue weighted by Gasteiger charge is 2.16. The van der Waals surface area contributed by atoms with Crippen LogP contribution in [0.2, 0.25) is 0 Å². The Balaban J connectivity index is 1.73. The summed E-state index contributed by atoms with van der Waals surface area (Å²) in [7, 11) is 3.82. The SMILES string of the molecule is [C-]#[N+]c1ccc(-c2c(-c3cnn(C)c3)ncn2CCc2cnn(C)c2)cc1. The molecule has 0 unspecified atom stereocenters. The van der Waals surface area contributed by atoms with Gasteiger partial charge < -0.3 is 4.57 Å². The predicted octanol–water partition coefficient (Wildman–Crippen LogP) is 3.48. The van der Waals surface area contributed by atoms with Gasteiger partial charge in [0.1, 0.15) is 0 Å². The third-order valence-electron chi connectivity index (χ3n) is 4.49. The van der Waals surface area contributed by atoms with Crippen LogP contribution in [0, 0.1) is 6.57 Å². The Bertz CT molecular complexity index is 1110. The second kappa shape index (κ2) is 6.92. The summed E-state index contributed by atoms with van der Waals surface area (Å²) >= 11 is 0. The lowest BCUT2D eigenvalue weighted by molar-refractivity contribution is 0.700. The van der Waals surface area contributed by atoms with Gasteiger partial charge in [-0.05, 0) is 17.5 Å². The van der Waals surface area contributed by atoms with Crippen LogP contribution < -0.4 is 0 Å². The van der Waals surface area contributed by atoms with Crippen LogP contribution in [0.5, 0.6) is 0 Å². The first-order valence-corrected chi connectivity index (χ1v) is 8.63. The van der Waals surface area contributed by atoms with Gasteiger partial charge in [-0.15, -0.1) is 0 Å². The molecule has 0 bridgehead atoms. The van der Waals surface area contributed by atoms with E-state index in [0.29, 0.717) is 5.69 Å². The molecule has 7 nitrogen and oxygen atoms in total. The van der Waals surface area contributed by atoms with Crippen molar-refractivity contribution in [2.24, 2.45) is 14.1 Å². The summed E-state index contributed by atoms with van der Waals surface area (Å²) in [5.74, 6) is 0. The topological polar surface area (TPSA) is 57.8 Å². The van der Waals surface area contributed by atoms with E-state index in [-0.39, 0.29) is 0 Å². The normalized spacial score (nSPS) is 10.9. The van der Waals surface area contributed by atoms with Crippen molar-refractivity contribution in [2.45, 2.75) is 13.0 Å². The molecule has 3 aromatic heterocycles. The molecule has 1 aromatic carbocycles. The number of aryl methyl sites for hydroxylation is 4. The van der Waals surface area contributed by atoms with Gasteiger partial charge in [0.15, 0.2) is 5.69 Å². The molecular formula is C20H19N7. The molecule has 27 heavy (non-hydrogen) atoms. The Hall–Kier alpha value is -3.66. The van der Waals surface area contributed by atoms with Crippen LogP contribution in [-0.2, 0) is 27.1 Å². The van der Waals surface area contributed by atoms with Crippen molar-refractivity contribution in [1.29, 1.82) is 0 Å². The lowest BCUT2D eigenvalue weighted by atomic mass is 10.1. The number of hydrogen-bond acceptors (Lipinski definition) is 3. The van der Waals surface area contributed by atoms with Gasteiger partial charge in [-0.25, -0.2) is 9.83 Å². The van der Waals surface area contributed by atoms with E-state index in [2.05, 4.69) is 24.6 Å². The first-order chi connectivity index (χ1) is 13.1. The third kappa shape index (κ3) is 3.37. The summed E-state index contributed by atoms with van der Waals surface area (Å²) < 4.78 is 5.74. The molecule has 0 radical (unpaired) electrons. The van der Waals surface area contributed by atoms with Gasteiger partial charge in [0, 0.05) is 38.6 Å². The maximum absolute atomic E-state index is 7.16. The van der Waals surface area contributed by atoms with Crippen molar-refractivity contribution >= 4 is 5.69 Å². The minimum Gasteiger partial charge on any atom is -0.330 e. The summed E-state index contributed by atoms with van der Waals surface area (Å²) in [4.78, 5) is 8.15. The first-order valence-electron chi connectivity index (χ1n) is 8.63. The monoisotopic (exact) mass is 357 g/mol. The Morgan fingerprint density at radius 3 is 2.33 bits per heavy atom. The predicted molar refractivity (Wildman–Crippen MR) is 103 cm³/mol. The molecule has 134 valence electrons.